The van der Waals surface area contributed by atoms with Gasteiger partial charge in [-0.05, 0) is 33.2 Å². The van der Waals surface area contributed by atoms with Crippen molar-refractivity contribution in [2.75, 3.05) is 18.1 Å². The lowest BCUT2D eigenvalue weighted by molar-refractivity contribution is 0.377. The van der Waals surface area contributed by atoms with Gasteiger partial charge in [0.05, 0.1) is 5.75 Å². The Kier molecular flexibility index (Phi) is 5.67. The minimum Gasteiger partial charge on any atom is -0.312 e. The maximum absolute atomic E-state index is 11.2. The van der Waals surface area contributed by atoms with Gasteiger partial charge in [0.15, 0.2) is 0 Å². The third kappa shape index (κ3) is 6.38. The molecule has 0 aliphatic heterocycles. The summed E-state index contributed by atoms with van der Waals surface area (Å²) in [7, 11) is -2.78. The molecule has 0 aromatic carbocycles. The Balaban J connectivity index is 3.68. The lowest BCUT2D eigenvalue weighted by Gasteiger charge is -2.24. The molecule has 0 rings (SSSR count). The molecular formula is C10H23NO2S. The Hall–Kier alpha value is -0.0900. The number of sulfone groups is 1. The van der Waals surface area contributed by atoms with Crippen LogP contribution in [-0.2, 0) is 9.84 Å². The summed E-state index contributed by atoms with van der Waals surface area (Å²) in [6.45, 7) is 8.84. The van der Waals surface area contributed by atoms with E-state index >= 15 is 0 Å². The van der Waals surface area contributed by atoms with Gasteiger partial charge in [-0.15, -0.1) is 0 Å². The quantitative estimate of drug-likeness (QED) is 0.664. The van der Waals surface area contributed by atoms with Crippen LogP contribution in [0.25, 0.3) is 0 Å². The third-order valence-corrected chi connectivity index (χ3v) is 4.35. The minimum absolute atomic E-state index is 0.121. The Morgan fingerprint density at radius 1 is 1.21 bits per heavy atom. The SMILES string of the molecule is CCC(C)(C)NCCCS(=O)(=O)CC. The topological polar surface area (TPSA) is 46.2 Å². The van der Waals surface area contributed by atoms with Gasteiger partial charge in [0.25, 0.3) is 0 Å². The first kappa shape index (κ1) is 13.9. The van der Waals surface area contributed by atoms with Crippen LogP contribution in [0.4, 0.5) is 0 Å². The van der Waals surface area contributed by atoms with Gasteiger partial charge in [-0.1, -0.05) is 13.8 Å². The molecule has 4 heteroatoms. The summed E-state index contributed by atoms with van der Waals surface area (Å²) in [5, 5.41) is 3.34. The van der Waals surface area contributed by atoms with Gasteiger partial charge in [-0.3, -0.25) is 0 Å². The van der Waals surface area contributed by atoms with Gasteiger partial charge in [0, 0.05) is 11.3 Å². The molecule has 0 saturated heterocycles. The standard InChI is InChI=1S/C10H23NO2S/c1-5-10(3,4)11-8-7-9-14(12,13)6-2/h11H,5-9H2,1-4H3. The normalized spacial score (nSPS) is 13.1. The molecule has 0 bridgehead atoms. The second-order valence-electron chi connectivity index (χ2n) is 4.25. The Labute approximate surface area is 88.2 Å². The van der Waals surface area contributed by atoms with E-state index in [4.69, 9.17) is 0 Å². The van der Waals surface area contributed by atoms with E-state index < -0.39 is 9.84 Å². The molecule has 0 heterocycles. The van der Waals surface area contributed by atoms with Crippen molar-refractivity contribution in [2.24, 2.45) is 0 Å². The van der Waals surface area contributed by atoms with Crippen LogP contribution in [0.3, 0.4) is 0 Å². The molecule has 0 amide bonds. The zero-order valence-electron chi connectivity index (χ0n) is 9.76. The molecule has 0 aliphatic carbocycles. The smallest absolute Gasteiger partial charge is 0.150 e. The summed E-state index contributed by atoms with van der Waals surface area (Å²) >= 11 is 0. The van der Waals surface area contributed by atoms with Crippen LogP contribution in [0.5, 0.6) is 0 Å². The summed E-state index contributed by atoms with van der Waals surface area (Å²) < 4.78 is 22.3. The highest BCUT2D eigenvalue weighted by atomic mass is 32.2. The van der Waals surface area contributed by atoms with E-state index in [1.54, 1.807) is 6.92 Å². The van der Waals surface area contributed by atoms with Crippen molar-refractivity contribution in [3.8, 4) is 0 Å². The molecule has 0 radical (unpaired) electrons. The summed E-state index contributed by atoms with van der Waals surface area (Å²) in [6, 6.07) is 0. The van der Waals surface area contributed by atoms with Crippen LogP contribution in [0.2, 0.25) is 0 Å². The molecule has 1 N–H and O–H groups in total. The van der Waals surface area contributed by atoms with Gasteiger partial charge >= 0.3 is 0 Å². The van der Waals surface area contributed by atoms with Crippen molar-refractivity contribution in [3.05, 3.63) is 0 Å². The summed E-state index contributed by atoms with van der Waals surface area (Å²) in [6.07, 6.45) is 1.76. The van der Waals surface area contributed by atoms with E-state index in [-0.39, 0.29) is 11.3 Å². The first-order valence-electron chi connectivity index (χ1n) is 5.28. The van der Waals surface area contributed by atoms with Gasteiger partial charge in [0.2, 0.25) is 0 Å². The number of hydrogen-bond acceptors (Lipinski definition) is 3. The van der Waals surface area contributed by atoms with Crippen LogP contribution in [0, 0.1) is 0 Å². The van der Waals surface area contributed by atoms with E-state index in [1.165, 1.54) is 0 Å². The molecule has 0 spiro atoms. The maximum atomic E-state index is 11.2. The Morgan fingerprint density at radius 2 is 1.79 bits per heavy atom. The molecule has 86 valence electrons. The Morgan fingerprint density at radius 3 is 2.21 bits per heavy atom. The zero-order chi connectivity index (χ0) is 11.2. The van der Waals surface area contributed by atoms with Crippen molar-refractivity contribution in [2.45, 2.75) is 46.1 Å². The van der Waals surface area contributed by atoms with Crippen molar-refractivity contribution in [1.82, 2.24) is 5.32 Å². The Bertz CT molecular complexity index is 245. The molecule has 0 aromatic heterocycles. The van der Waals surface area contributed by atoms with Gasteiger partial charge in [-0.25, -0.2) is 8.42 Å². The largest absolute Gasteiger partial charge is 0.312 e. The van der Waals surface area contributed by atoms with Crippen molar-refractivity contribution >= 4 is 9.84 Å². The molecule has 14 heavy (non-hydrogen) atoms. The number of rotatable bonds is 7. The highest BCUT2D eigenvalue weighted by molar-refractivity contribution is 7.91. The van der Waals surface area contributed by atoms with Gasteiger partial charge in [0.1, 0.15) is 9.84 Å². The fourth-order valence-corrected chi connectivity index (χ4v) is 1.86. The molecular weight excluding hydrogens is 198 g/mol. The van der Waals surface area contributed by atoms with Crippen LogP contribution in [0.1, 0.15) is 40.5 Å². The van der Waals surface area contributed by atoms with E-state index in [9.17, 15) is 8.42 Å². The molecule has 0 aliphatic rings. The molecule has 3 nitrogen and oxygen atoms in total. The lowest BCUT2D eigenvalue weighted by atomic mass is 10.0. The summed E-state index contributed by atoms with van der Waals surface area (Å²) in [4.78, 5) is 0. The third-order valence-electron chi connectivity index (χ3n) is 2.56. The number of nitrogens with one attached hydrogen (secondary N) is 1. The molecule has 0 unspecified atom stereocenters. The predicted molar refractivity (Wildman–Crippen MR) is 61.3 cm³/mol. The van der Waals surface area contributed by atoms with Crippen LogP contribution in [-0.4, -0.2) is 32.0 Å². The highest BCUT2D eigenvalue weighted by Gasteiger charge is 2.13. The molecule has 0 aromatic rings. The first-order valence-corrected chi connectivity index (χ1v) is 7.10. The second-order valence-corrected chi connectivity index (χ2v) is 6.73. The molecule has 0 saturated carbocycles. The van der Waals surface area contributed by atoms with Gasteiger partial charge < -0.3 is 5.32 Å². The average molecular weight is 221 g/mol. The van der Waals surface area contributed by atoms with Gasteiger partial charge in [-0.2, -0.15) is 0 Å². The zero-order valence-corrected chi connectivity index (χ0v) is 10.6. The fourth-order valence-electron chi connectivity index (χ4n) is 0.988. The van der Waals surface area contributed by atoms with E-state index in [2.05, 4.69) is 26.1 Å². The summed E-state index contributed by atoms with van der Waals surface area (Å²) in [5.74, 6) is 0.556. The minimum atomic E-state index is -2.78. The van der Waals surface area contributed by atoms with Crippen molar-refractivity contribution < 1.29 is 8.42 Å². The second kappa shape index (κ2) is 5.71. The lowest BCUT2D eigenvalue weighted by Crippen LogP contribution is -2.39. The van der Waals surface area contributed by atoms with E-state index in [1.807, 2.05) is 0 Å². The van der Waals surface area contributed by atoms with Crippen LogP contribution >= 0.6 is 0 Å². The molecule has 0 fully saturated rings. The monoisotopic (exact) mass is 221 g/mol. The highest BCUT2D eigenvalue weighted by Crippen LogP contribution is 2.06. The molecule has 0 atom stereocenters. The first-order chi connectivity index (χ1) is 6.33. The van der Waals surface area contributed by atoms with E-state index in [0.29, 0.717) is 12.2 Å². The number of hydrogen-bond donors (Lipinski definition) is 1. The maximum Gasteiger partial charge on any atom is 0.150 e. The predicted octanol–water partition coefficient (Wildman–Crippen LogP) is 1.59. The van der Waals surface area contributed by atoms with Crippen molar-refractivity contribution in [3.63, 3.8) is 0 Å². The average Bonchev–Trinajstić information content (AvgIpc) is 2.13. The van der Waals surface area contributed by atoms with Crippen molar-refractivity contribution in [1.29, 1.82) is 0 Å². The van der Waals surface area contributed by atoms with Crippen LogP contribution in [0.15, 0.2) is 0 Å². The van der Waals surface area contributed by atoms with Crippen LogP contribution < -0.4 is 5.32 Å². The van der Waals surface area contributed by atoms with E-state index in [0.717, 1.165) is 13.0 Å². The summed E-state index contributed by atoms with van der Waals surface area (Å²) in [5.41, 5.74) is 0.121. The fraction of sp³-hybridized carbons (Fsp3) is 1.00.